The van der Waals surface area contributed by atoms with Gasteiger partial charge in [-0.3, -0.25) is 9.78 Å². The van der Waals surface area contributed by atoms with Crippen LogP contribution in [0.15, 0.2) is 58.8 Å². The first kappa shape index (κ1) is 22.8. The van der Waals surface area contributed by atoms with Gasteiger partial charge in [-0.1, -0.05) is 41.0 Å². The number of anilines is 2. The van der Waals surface area contributed by atoms with E-state index >= 15 is 0 Å². The van der Waals surface area contributed by atoms with Gasteiger partial charge in [-0.05, 0) is 44.0 Å². The molecule has 3 N–H and O–H groups in total. The van der Waals surface area contributed by atoms with Crippen LogP contribution in [0.5, 0.6) is 0 Å². The lowest BCUT2D eigenvalue weighted by Crippen LogP contribution is -2.48. The lowest BCUT2D eigenvalue weighted by atomic mass is 9.91. The molecule has 10 heteroatoms. The number of nitrogens with zero attached hydrogens (tertiary/aromatic N) is 4. The van der Waals surface area contributed by atoms with E-state index in [2.05, 4.69) is 32.1 Å². The zero-order chi connectivity index (χ0) is 22.7. The van der Waals surface area contributed by atoms with E-state index in [0.717, 1.165) is 36.6 Å². The third-order valence-electron chi connectivity index (χ3n) is 5.22. The van der Waals surface area contributed by atoms with Crippen molar-refractivity contribution < 1.29 is 4.79 Å². The molecule has 1 amide bonds. The van der Waals surface area contributed by atoms with Gasteiger partial charge in [-0.2, -0.15) is 0 Å². The van der Waals surface area contributed by atoms with E-state index in [1.807, 2.05) is 12.1 Å². The molecule has 1 fully saturated rings. The van der Waals surface area contributed by atoms with Crippen LogP contribution in [0.4, 0.5) is 11.5 Å². The highest BCUT2D eigenvalue weighted by Gasteiger charge is 2.26. The number of carbonyl (C=O) groups excluding carboxylic acids is 1. The highest BCUT2D eigenvalue weighted by molar-refractivity contribution is 7.99. The number of carbonyl (C=O) groups is 1. The maximum Gasteiger partial charge on any atom is 0.274 e. The summed E-state index contributed by atoms with van der Waals surface area (Å²) in [5, 5.41) is 4.33. The second-order valence-corrected chi connectivity index (χ2v) is 9.76. The Kier molecular flexibility index (Phi) is 6.85. The Labute approximate surface area is 200 Å². The second kappa shape index (κ2) is 9.62. The molecule has 166 valence electrons. The quantitative estimate of drug-likeness (QED) is 0.526. The summed E-state index contributed by atoms with van der Waals surface area (Å²) in [7, 11) is 0. The highest BCUT2D eigenvalue weighted by Crippen LogP contribution is 2.37. The fourth-order valence-corrected chi connectivity index (χ4v) is 4.52. The van der Waals surface area contributed by atoms with Crippen molar-refractivity contribution in [3.8, 4) is 0 Å². The normalized spacial score (nSPS) is 15.4. The fourth-order valence-electron chi connectivity index (χ4n) is 3.29. The third-order valence-corrected chi connectivity index (χ3v) is 6.96. The number of hydrogen-bond donors (Lipinski definition) is 2. The number of nitrogens with one attached hydrogen (secondary N) is 1. The van der Waals surface area contributed by atoms with E-state index in [9.17, 15) is 4.79 Å². The van der Waals surface area contributed by atoms with E-state index in [0.29, 0.717) is 20.8 Å². The van der Waals surface area contributed by atoms with Crippen molar-refractivity contribution in [1.29, 1.82) is 0 Å². The first-order chi connectivity index (χ1) is 15.3. The summed E-state index contributed by atoms with van der Waals surface area (Å²) >= 11 is 13.9. The summed E-state index contributed by atoms with van der Waals surface area (Å²) in [4.78, 5) is 28.6. The predicted molar refractivity (Wildman–Crippen MR) is 129 cm³/mol. The molecule has 0 atom stereocenters. The molecule has 32 heavy (non-hydrogen) atoms. The number of rotatable bonds is 5. The second-order valence-electron chi connectivity index (χ2n) is 7.89. The minimum absolute atomic E-state index is 0.111. The van der Waals surface area contributed by atoms with Crippen LogP contribution in [0.3, 0.4) is 0 Å². The van der Waals surface area contributed by atoms with E-state index < -0.39 is 5.91 Å². The number of nitrogens with two attached hydrogens (primary N) is 1. The lowest BCUT2D eigenvalue weighted by molar-refractivity contribution is 0.102. The molecule has 0 aliphatic carbocycles. The van der Waals surface area contributed by atoms with Gasteiger partial charge in [-0.15, -0.1) is 0 Å². The fraction of sp³-hybridized carbons (Fsp3) is 0.273. The Morgan fingerprint density at radius 1 is 1.16 bits per heavy atom. The van der Waals surface area contributed by atoms with Crippen molar-refractivity contribution in [2.45, 2.75) is 35.2 Å². The van der Waals surface area contributed by atoms with Gasteiger partial charge in [0.15, 0.2) is 0 Å². The van der Waals surface area contributed by atoms with Gasteiger partial charge >= 0.3 is 0 Å². The van der Waals surface area contributed by atoms with E-state index in [1.54, 1.807) is 24.5 Å². The van der Waals surface area contributed by atoms with Gasteiger partial charge in [0, 0.05) is 34.7 Å². The minimum Gasteiger partial charge on any atom is -0.355 e. The van der Waals surface area contributed by atoms with Crippen molar-refractivity contribution in [1.82, 2.24) is 15.0 Å². The number of piperidine rings is 1. The van der Waals surface area contributed by atoms with Crippen LogP contribution in [0.2, 0.25) is 10.0 Å². The summed E-state index contributed by atoms with van der Waals surface area (Å²) in [6.07, 6.45) is 6.82. The first-order valence-electron chi connectivity index (χ1n) is 10.1. The highest BCUT2D eigenvalue weighted by atomic mass is 35.5. The predicted octanol–water partition coefficient (Wildman–Crippen LogP) is 4.90. The zero-order valence-corrected chi connectivity index (χ0v) is 19.7. The summed E-state index contributed by atoms with van der Waals surface area (Å²) in [5.74, 6) is 0.446. The molecular weight excluding hydrogens is 467 g/mol. The van der Waals surface area contributed by atoms with Crippen LogP contribution in [-0.2, 0) is 0 Å². The van der Waals surface area contributed by atoms with E-state index in [-0.39, 0.29) is 11.2 Å². The van der Waals surface area contributed by atoms with Crippen molar-refractivity contribution in [2.75, 3.05) is 23.3 Å². The SMILES string of the molecule is CC1(N)CCN(c2cnc(Sc3cccc(NC(=O)c4cc(Cl)ccn4)c3Cl)cn2)CC1. The molecule has 0 bridgehead atoms. The average Bonchev–Trinajstić information content (AvgIpc) is 2.77. The van der Waals surface area contributed by atoms with Crippen LogP contribution in [-0.4, -0.2) is 39.5 Å². The van der Waals surface area contributed by atoms with Crippen molar-refractivity contribution in [3.63, 3.8) is 0 Å². The third kappa shape index (κ3) is 5.50. The molecule has 1 aliphatic heterocycles. The molecule has 2 aromatic heterocycles. The molecule has 0 spiro atoms. The molecule has 3 heterocycles. The summed E-state index contributed by atoms with van der Waals surface area (Å²) in [6.45, 7) is 3.81. The number of aromatic nitrogens is 3. The molecule has 0 radical (unpaired) electrons. The number of amides is 1. The molecule has 4 rings (SSSR count). The monoisotopic (exact) mass is 488 g/mol. The Morgan fingerprint density at radius 3 is 2.62 bits per heavy atom. The van der Waals surface area contributed by atoms with Gasteiger partial charge in [0.1, 0.15) is 16.5 Å². The number of halogens is 2. The summed E-state index contributed by atoms with van der Waals surface area (Å²) < 4.78 is 0. The topological polar surface area (TPSA) is 97.0 Å². The Hall–Kier alpha value is -2.39. The van der Waals surface area contributed by atoms with Crippen molar-refractivity contribution in [2.24, 2.45) is 5.73 Å². The Bertz CT molecular complexity index is 1120. The molecular formula is C22H22Cl2N6OS. The molecule has 7 nitrogen and oxygen atoms in total. The van der Waals surface area contributed by atoms with E-state index in [4.69, 9.17) is 28.9 Å². The van der Waals surface area contributed by atoms with Crippen LogP contribution >= 0.6 is 35.0 Å². The molecule has 3 aromatic rings. The van der Waals surface area contributed by atoms with Gasteiger partial charge in [0.25, 0.3) is 5.91 Å². The molecule has 1 aliphatic rings. The number of hydrogen-bond acceptors (Lipinski definition) is 7. The minimum atomic E-state index is -0.393. The first-order valence-corrected chi connectivity index (χ1v) is 11.6. The zero-order valence-electron chi connectivity index (χ0n) is 17.4. The maximum absolute atomic E-state index is 12.5. The van der Waals surface area contributed by atoms with Gasteiger partial charge < -0.3 is 16.0 Å². The van der Waals surface area contributed by atoms with Gasteiger partial charge in [0.05, 0.1) is 23.1 Å². The van der Waals surface area contributed by atoms with Gasteiger partial charge in [0.2, 0.25) is 0 Å². The Balaban J connectivity index is 1.44. The molecule has 0 saturated carbocycles. The standard InChI is InChI=1S/C22H22Cl2N6OS/c1-22(25)6-9-30(10-7-22)18-12-28-19(13-27-18)32-17-4-2-3-15(20(17)24)29-21(31)16-11-14(23)5-8-26-16/h2-5,8,11-13H,6-7,9-10,25H2,1H3,(H,29,31). The summed E-state index contributed by atoms with van der Waals surface area (Å²) in [5.41, 5.74) is 6.79. The smallest absolute Gasteiger partial charge is 0.274 e. The molecule has 1 aromatic carbocycles. The van der Waals surface area contributed by atoms with E-state index in [1.165, 1.54) is 24.0 Å². The van der Waals surface area contributed by atoms with Crippen LogP contribution in [0.25, 0.3) is 0 Å². The average molecular weight is 489 g/mol. The molecule has 0 unspecified atom stereocenters. The Morgan fingerprint density at radius 2 is 1.94 bits per heavy atom. The van der Waals surface area contributed by atoms with Gasteiger partial charge in [-0.25, -0.2) is 9.97 Å². The maximum atomic E-state index is 12.5. The van der Waals surface area contributed by atoms with Crippen molar-refractivity contribution in [3.05, 3.63) is 64.7 Å². The molecule has 1 saturated heterocycles. The van der Waals surface area contributed by atoms with Crippen LogP contribution in [0, 0.1) is 0 Å². The number of benzene rings is 1. The number of pyridine rings is 1. The van der Waals surface area contributed by atoms with Crippen molar-refractivity contribution >= 4 is 52.4 Å². The lowest BCUT2D eigenvalue weighted by Gasteiger charge is -2.37. The van der Waals surface area contributed by atoms with Crippen LogP contribution < -0.4 is 16.0 Å². The summed E-state index contributed by atoms with van der Waals surface area (Å²) in [6, 6.07) is 8.51. The largest absolute Gasteiger partial charge is 0.355 e. The van der Waals surface area contributed by atoms with Crippen LogP contribution in [0.1, 0.15) is 30.3 Å².